The predicted octanol–water partition coefficient (Wildman–Crippen LogP) is 4.73. The monoisotopic (exact) mass is 425 g/mol. The van der Waals surface area contributed by atoms with Crippen molar-refractivity contribution < 1.29 is 9.84 Å². The Bertz CT molecular complexity index is 956. The van der Waals surface area contributed by atoms with Gasteiger partial charge in [-0.1, -0.05) is 29.8 Å². The van der Waals surface area contributed by atoms with Crippen molar-refractivity contribution in [3.05, 3.63) is 65.3 Å². The van der Waals surface area contributed by atoms with Crippen LogP contribution in [-0.4, -0.2) is 47.3 Å². The van der Waals surface area contributed by atoms with Gasteiger partial charge in [-0.3, -0.25) is 4.90 Å². The summed E-state index contributed by atoms with van der Waals surface area (Å²) in [7, 11) is 0. The maximum absolute atomic E-state index is 8.83. The molecule has 6 heteroatoms. The molecule has 2 heterocycles. The highest BCUT2D eigenvalue weighted by atomic mass is 35.5. The summed E-state index contributed by atoms with van der Waals surface area (Å²) < 4.78 is 5.60. The van der Waals surface area contributed by atoms with Crippen molar-refractivity contribution in [1.82, 2.24) is 9.88 Å². The quantitative estimate of drug-likeness (QED) is 0.511. The zero-order chi connectivity index (χ0) is 20.8. The lowest BCUT2D eigenvalue weighted by molar-refractivity contribution is 0.211. The van der Waals surface area contributed by atoms with E-state index in [1.165, 1.54) is 5.56 Å². The van der Waals surface area contributed by atoms with Crippen molar-refractivity contribution >= 4 is 28.2 Å². The van der Waals surface area contributed by atoms with Gasteiger partial charge in [-0.05, 0) is 54.1 Å². The first-order valence-electron chi connectivity index (χ1n) is 10.6. The average Bonchev–Trinajstić information content (AvgIpc) is 2.77. The van der Waals surface area contributed by atoms with E-state index in [0.717, 1.165) is 59.8 Å². The van der Waals surface area contributed by atoms with Gasteiger partial charge in [-0.15, -0.1) is 0 Å². The number of aromatic nitrogens is 1. The predicted molar refractivity (Wildman–Crippen MR) is 122 cm³/mol. The molecule has 1 fully saturated rings. The number of fused-ring (bicyclic) bond motifs is 1. The SMILES string of the molecule is OCCCOc1ccc(CN2CCC(Nc3nccc4ccc(Cl)cc34)CC2)cc1. The lowest BCUT2D eigenvalue weighted by Gasteiger charge is -2.32. The van der Waals surface area contributed by atoms with E-state index in [4.69, 9.17) is 21.4 Å². The van der Waals surface area contributed by atoms with Gasteiger partial charge in [-0.2, -0.15) is 0 Å². The number of nitrogens with zero attached hydrogens (tertiary/aromatic N) is 2. The summed E-state index contributed by atoms with van der Waals surface area (Å²) in [5.41, 5.74) is 1.29. The lowest BCUT2D eigenvalue weighted by atomic mass is 10.0. The molecular weight excluding hydrogens is 398 g/mol. The number of piperidine rings is 1. The van der Waals surface area contributed by atoms with Gasteiger partial charge in [0.25, 0.3) is 0 Å². The second kappa shape index (κ2) is 10.1. The van der Waals surface area contributed by atoms with Crippen LogP contribution >= 0.6 is 11.6 Å². The summed E-state index contributed by atoms with van der Waals surface area (Å²) in [5, 5.41) is 15.4. The van der Waals surface area contributed by atoms with E-state index < -0.39 is 0 Å². The van der Waals surface area contributed by atoms with Gasteiger partial charge in [0.2, 0.25) is 0 Å². The first kappa shape index (κ1) is 20.9. The van der Waals surface area contributed by atoms with Gasteiger partial charge in [0.1, 0.15) is 11.6 Å². The molecule has 3 aromatic rings. The Balaban J connectivity index is 1.29. The second-order valence-electron chi connectivity index (χ2n) is 7.79. The van der Waals surface area contributed by atoms with E-state index in [2.05, 4.69) is 27.3 Å². The lowest BCUT2D eigenvalue weighted by Crippen LogP contribution is -2.38. The summed E-state index contributed by atoms with van der Waals surface area (Å²) in [5.74, 6) is 1.78. The van der Waals surface area contributed by atoms with E-state index in [0.29, 0.717) is 19.1 Å². The Kier molecular flexibility index (Phi) is 7.05. The maximum atomic E-state index is 8.83. The number of rotatable bonds is 8. The van der Waals surface area contributed by atoms with Gasteiger partial charge in [0.05, 0.1) is 6.61 Å². The molecule has 0 bridgehead atoms. The standard InChI is InChI=1S/C24H28ClN3O2/c25-20-5-4-19-8-11-26-24(23(19)16-20)27-21-9-12-28(13-10-21)17-18-2-6-22(7-3-18)30-15-1-14-29/h2-8,11,16,21,29H,1,9-10,12-15,17H2,(H,26,27). The molecule has 1 saturated heterocycles. The van der Waals surface area contributed by atoms with Crippen molar-refractivity contribution in [2.45, 2.75) is 31.8 Å². The largest absolute Gasteiger partial charge is 0.494 e. The van der Waals surface area contributed by atoms with Gasteiger partial charge >= 0.3 is 0 Å². The molecule has 158 valence electrons. The van der Waals surface area contributed by atoms with E-state index >= 15 is 0 Å². The molecule has 2 aromatic carbocycles. The van der Waals surface area contributed by atoms with Gasteiger partial charge in [0, 0.05) is 55.3 Å². The Hall–Kier alpha value is -2.34. The van der Waals surface area contributed by atoms with Crippen LogP contribution in [-0.2, 0) is 6.54 Å². The third-order valence-corrected chi connectivity index (χ3v) is 5.79. The van der Waals surface area contributed by atoms with Crippen LogP contribution in [0.25, 0.3) is 10.8 Å². The average molecular weight is 426 g/mol. The molecule has 0 saturated carbocycles. The minimum absolute atomic E-state index is 0.160. The smallest absolute Gasteiger partial charge is 0.134 e. The second-order valence-corrected chi connectivity index (χ2v) is 8.23. The van der Waals surface area contributed by atoms with E-state index in [9.17, 15) is 0 Å². The number of halogens is 1. The zero-order valence-corrected chi connectivity index (χ0v) is 17.8. The Labute approximate surface area is 182 Å². The molecule has 1 aromatic heterocycles. The minimum Gasteiger partial charge on any atom is -0.494 e. The molecule has 0 spiro atoms. The number of anilines is 1. The summed E-state index contributed by atoms with van der Waals surface area (Å²) in [6.45, 7) is 3.77. The third kappa shape index (κ3) is 5.42. The van der Waals surface area contributed by atoms with Crippen molar-refractivity contribution in [2.24, 2.45) is 0 Å². The van der Waals surface area contributed by atoms with Gasteiger partial charge in [0.15, 0.2) is 0 Å². The van der Waals surface area contributed by atoms with Crippen LogP contribution in [0.3, 0.4) is 0 Å². The zero-order valence-electron chi connectivity index (χ0n) is 17.1. The van der Waals surface area contributed by atoms with E-state index in [1.54, 1.807) is 0 Å². The summed E-state index contributed by atoms with van der Waals surface area (Å²) in [6.07, 6.45) is 4.68. The Morgan fingerprint density at radius 2 is 1.90 bits per heavy atom. The summed E-state index contributed by atoms with van der Waals surface area (Å²) in [6, 6.07) is 16.7. The molecule has 30 heavy (non-hydrogen) atoms. The van der Waals surface area contributed by atoms with E-state index in [1.807, 2.05) is 42.6 Å². The van der Waals surface area contributed by atoms with Crippen LogP contribution in [0.4, 0.5) is 5.82 Å². The molecule has 0 radical (unpaired) electrons. The summed E-state index contributed by atoms with van der Waals surface area (Å²) in [4.78, 5) is 7.05. The molecule has 0 aliphatic carbocycles. The fourth-order valence-electron chi connectivity index (χ4n) is 3.89. The highest BCUT2D eigenvalue weighted by Crippen LogP contribution is 2.26. The molecule has 0 amide bonds. The fraction of sp³-hybridized carbons (Fsp3) is 0.375. The normalized spacial score (nSPS) is 15.4. The van der Waals surface area contributed by atoms with Gasteiger partial charge < -0.3 is 15.2 Å². The minimum atomic E-state index is 0.160. The fourth-order valence-corrected chi connectivity index (χ4v) is 4.06. The first-order valence-corrected chi connectivity index (χ1v) is 10.9. The highest BCUT2D eigenvalue weighted by molar-refractivity contribution is 6.31. The molecular formula is C24H28ClN3O2. The number of aliphatic hydroxyl groups excluding tert-OH is 1. The highest BCUT2D eigenvalue weighted by Gasteiger charge is 2.20. The van der Waals surface area contributed by atoms with Crippen LogP contribution in [0.1, 0.15) is 24.8 Å². The third-order valence-electron chi connectivity index (χ3n) is 5.56. The first-order chi connectivity index (χ1) is 14.7. The number of likely N-dealkylation sites (tertiary alicyclic amines) is 1. The van der Waals surface area contributed by atoms with Crippen LogP contribution < -0.4 is 10.1 Å². The van der Waals surface area contributed by atoms with Crippen molar-refractivity contribution in [1.29, 1.82) is 0 Å². The molecule has 0 atom stereocenters. The van der Waals surface area contributed by atoms with Gasteiger partial charge in [-0.25, -0.2) is 4.98 Å². The number of nitrogens with one attached hydrogen (secondary N) is 1. The molecule has 2 N–H and O–H groups in total. The van der Waals surface area contributed by atoms with Crippen LogP contribution in [0.2, 0.25) is 5.02 Å². The Morgan fingerprint density at radius 3 is 2.67 bits per heavy atom. The number of hydrogen-bond donors (Lipinski definition) is 2. The Morgan fingerprint density at radius 1 is 1.10 bits per heavy atom. The number of aliphatic hydroxyl groups is 1. The maximum Gasteiger partial charge on any atom is 0.134 e. The number of pyridine rings is 1. The van der Waals surface area contributed by atoms with Crippen molar-refractivity contribution in [2.75, 3.05) is 31.6 Å². The van der Waals surface area contributed by atoms with Crippen LogP contribution in [0.15, 0.2) is 54.7 Å². The molecule has 5 nitrogen and oxygen atoms in total. The van der Waals surface area contributed by atoms with Crippen LogP contribution in [0, 0.1) is 0 Å². The molecule has 4 rings (SSSR count). The van der Waals surface area contributed by atoms with Crippen LogP contribution in [0.5, 0.6) is 5.75 Å². The summed E-state index contributed by atoms with van der Waals surface area (Å²) >= 11 is 6.19. The molecule has 1 aliphatic heterocycles. The van der Waals surface area contributed by atoms with Crippen molar-refractivity contribution in [3.63, 3.8) is 0 Å². The number of ether oxygens (including phenoxy) is 1. The molecule has 0 unspecified atom stereocenters. The number of benzene rings is 2. The number of hydrogen-bond acceptors (Lipinski definition) is 5. The van der Waals surface area contributed by atoms with Crippen molar-refractivity contribution in [3.8, 4) is 5.75 Å². The topological polar surface area (TPSA) is 57.6 Å². The molecule has 1 aliphatic rings. The van der Waals surface area contributed by atoms with E-state index in [-0.39, 0.29) is 6.61 Å².